The lowest BCUT2D eigenvalue weighted by Crippen LogP contribution is -2.22. The Bertz CT molecular complexity index is 162. The van der Waals surface area contributed by atoms with Crippen LogP contribution in [0.2, 0.25) is 0 Å². The van der Waals surface area contributed by atoms with E-state index in [1.807, 2.05) is 0 Å². The topological polar surface area (TPSA) is 0 Å². The van der Waals surface area contributed by atoms with Gasteiger partial charge in [-0.15, -0.1) is 0 Å². The van der Waals surface area contributed by atoms with Gasteiger partial charge < -0.3 is 0 Å². The first-order chi connectivity index (χ1) is 4.75. The summed E-state index contributed by atoms with van der Waals surface area (Å²) in [5, 5.41) is 0. The lowest BCUT2D eigenvalue weighted by Gasteiger charge is -2.19. The maximum Gasteiger partial charge on any atom is 0.184 e. The zero-order valence-corrected chi connectivity index (χ0v) is 11.1. The lowest BCUT2D eigenvalue weighted by molar-refractivity contribution is 0.552. The zero-order chi connectivity index (χ0) is 8.86. The molecule has 1 rings (SSSR count). The predicted octanol–water partition coefficient (Wildman–Crippen LogP) is 4.32. The molecule has 4 heteroatoms. The van der Waals surface area contributed by atoms with Crippen LogP contribution in [0.25, 0.3) is 0 Å². The van der Waals surface area contributed by atoms with Crippen molar-refractivity contribution in [3.05, 3.63) is 0 Å². The summed E-state index contributed by atoms with van der Waals surface area (Å²) in [7, 11) is 0. The average molecular weight is 325 g/mol. The smallest absolute Gasteiger partial charge is 0.0875 e. The van der Waals surface area contributed by atoms with E-state index in [2.05, 4.69) is 45.7 Å². The standard InChI is InChI=1S/C7H10Br2Cl2/c1-6(2)3-4(6)5(8)7(9,10)11/h4-5H,3H2,1-2H3. The summed E-state index contributed by atoms with van der Waals surface area (Å²) < 4.78 is -0.828. The van der Waals surface area contributed by atoms with Gasteiger partial charge in [0.1, 0.15) is 0 Å². The minimum Gasteiger partial charge on any atom is -0.0875 e. The van der Waals surface area contributed by atoms with E-state index < -0.39 is 3.24 Å². The van der Waals surface area contributed by atoms with Crippen LogP contribution in [0.3, 0.4) is 0 Å². The van der Waals surface area contributed by atoms with Crippen molar-refractivity contribution in [3.8, 4) is 0 Å². The third kappa shape index (κ3) is 2.49. The quantitative estimate of drug-likeness (QED) is 0.663. The second-order valence-electron chi connectivity index (χ2n) is 3.74. The molecule has 0 heterocycles. The van der Waals surface area contributed by atoms with Gasteiger partial charge in [-0.2, -0.15) is 0 Å². The molecule has 1 aliphatic rings. The minimum atomic E-state index is -0.828. The summed E-state index contributed by atoms with van der Waals surface area (Å²) in [6, 6.07) is 0. The molecular formula is C7H10Br2Cl2. The Morgan fingerprint density at radius 2 is 1.91 bits per heavy atom. The second kappa shape index (κ2) is 3.04. The van der Waals surface area contributed by atoms with Crippen LogP contribution in [-0.4, -0.2) is 8.07 Å². The van der Waals surface area contributed by atoms with Gasteiger partial charge >= 0.3 is 0 Å². The van der Waals surface area contributed by atoms with Crippen LogP contribution in [0.1, 0.15) is 20.3 Å². The Kier molecular flexibility index (Phi) is 2.93. The van der Waals surface area contributed by atoms with E-state index in [-0.39, 0.29) is 4.83 Å². The summed E-state index contributed by atoms with van der Waals surface area (Å²) in [6.07, 6.45) is 1.19. The molecule has 0 N–H and O–H groups in total. The lowest BCUT2D eigenvalue weighted by atomic mass is 10.1. The first-order valence-electron chi connectivity index (χ1n) is 3.46. The van der Waals surface area contributed by atoms with Crippen molar-refractivity contribution in [1.29, 1.82) is 0 Å². The maximum absolute atomic E-state index is 5.88. The molecule has 0 bridgehead atoms. The van der Waals surface area contributed by atoms with E-state index in [1.165, 1.54) is 6.42 Å². The van der Waals surface area contributed by atoms with Gasteiger partial charge in [0.15, 0.2) is 3.24 Å². The Morgan fingerprint density at radius 3 is 2.00 bits per heavy atom. The molecule has 2 unspecified atom stereocenters. The van der Waals surface area contributed by atoms with Crippen molar-refractivity contribution in [1.82, 2.24) is 0 Å². The fourth-order valence-electron chi connectivity index (χ4n) is 1.24. The first kappa shape index (κ1) is 10.6. The van der Waals surface area contributed by atoms with Crippen LogP contribution in [0.5, 0.6) is 0 Å². The highest BCUT2D eigenvalue weighted by Gasteiger charge is 2.54. The third-order valence-electron chi connectivity index (χ3n) is 2.26. The van der Waals surface area contributed by atoms with E-state index >= 15 is 0 Å². The van der Waals surface area contributed by atoms with Gasteiger partial charge in [0.2, 0.25) is 0 Å². The average Bonchev–Trinajstić information content (AvgIpc) is 2.36. The van der Waals surface area contributed by atoms with E-state index in [4.69, 9.17) is 23.2 Å². The van der Waals surface area contributed by atoms with Gasteiger partial charge in [-0.3, -0.25) is 0 Å². The van der Waals surface area contributed by atoms with Gasteiger partial charge in [0.05, 0.1) is 4.83 Å². The Morgan fingerprint density at radius 1 is 1.55 bits per heavy atom. The van der Waals surface area contributed by atoms with Crippen LogP contribution in [-0.2, 0) is 0 Å². The van der Waals surface area contributed by atoms with Crippen LogP contribution in [0, 0.1) is 11.3 Å². The van der Waals surface area contributed by atoms with E-state index in [9.17, 15) is 0 Å². The summed E-state index contributed by atoms with van der Waals surface area (Å²) in [5.74, 6) is 0.580. The Hall–Kier alpha value is 1.54. The molecule has 1 saturated carbocycles. The molecule has 11 heavy (non-hydrogen) atoms. The highest BCUT2D eigenvalue weighted by atomic mass is 79.9. The fraction of sp³-hybridized carbons (Fsp3) is 1.00. The third-order valence-corrected chi connectivity index (χ3v) is 5.69. The minimum absolute atomic E-state index is 0.133. The van der Waals surface area contributed by atoms with E-state index in [1.54, 1.807) is 0 Å². The highest BCUT2D eigenvalue weighted by Crippen LogP contribution is 2.60. The second-order valence-corrected chi connectivity index (χ2v) is 8.28. The molecule has 0 aromatic carbocycles. The molecule has 66 valence electrons. The molecule has 0 nitrogen and oxygen atoms in total. The molecule has 0 amide bonds. The van der Waals surface area contributed by atoms with Crippen LogP contribution in [0.4, 0.5) is 0 Å². The molecule has 0 saturated heterocycles. The van der Waals surface area contributed by atoms with Gasteiger partial charge in [-0.25, -0.2) is 0 Å². The molecule has 1 fully saturated rings. The normalized spacial score (nSPS) is 31.6. The van der Waals surface area contributed by atoms with Crippen molar-refractivity contribution >= 4 is 55.1 Å². The molecule has 2 atom stereocenters. The summed E-state index contributed by atoms with van der Waals surface area (Å²) in [4.78, 5) is 0.133. The van der Waals surface area contributed by atoms with Gasteiger partial charge in [-0.1, -0.05) is 53.0 Å². The molecule has 0 aromatic rings. The van der Waals surface area contributed by atoms with E-state index in [0.717, 1.165) is 0 Å². The molecule has 0 aromatic heterocycles. The van der Waals surface area contributed by atoms with Crippen molar-refractivity contribution < 1.29 is 0 Å². The fourth-order valence-corrected chi connectivity index (χ4v) is 2.76. The summed E-state index contributed by atoms with van der Waals surface area (Å²) in [5.41, 5.74) is 0.400. The number of hydrogen-bond acceptors (Lipinski definition) is 0. The Balaban J connectivity index is 2.52. The molecule has 0 spiro atoms. The van der Waals surface area contributed by atoms with Crippen LogP contribution in [0.15, 0.2) is 0 Å². The van der Waals surface area contributed by atoms with Crippen molar-refractivity contribution in [2.45, 2.75) is 28.3 Å². The van der Waals surface area contributed by atoms with Crippen molar-refractivity contribution in [2.24, 2.45) is 11.3 Å². The SMILES string of the molecule is CC1(C)CC1C(Br)C(Cl)(Cl)Br. The van der Waals surface area contributed by atoms with Gasteiger partial charge in [-0.05, 0) is 33.7 Å². The van der Waals surface area contributed by atoms with Crippen LogP contribution < -0.4 is 0 Å². The zero-order valence-electron chi connectivity index (χ0n) is 6.37. The van der Waals surface area contributed by atoms with Crippen molar-refractivity contribution in [2.75, 3.05) is 0 Å². The number of hydrogen-bond donors (Lipinski definition) is 0. The first-order valence-corrected chi connectivity index (χ1v) is 5.92. The molecule has 1 aliphatic carbocycles. The monoisotopic (exact) mass is 322 g/mol. The van der Waals surface area contributed by atoms with E-state index in [0.29, 0.717) is 11.3 Å². The Labute approximate surface area is 94.3 Å². The number of rotatable bonds is 2. The summed E-state index contributed by atoms with van der Waals surface area (Å²) in [6.45, 7) is 4.44. The molecule has 0 radical (unpaired) electrons. The van der Waals surface area contributed by atoms with Crippen molar-refractivity contribution in [3.63, 3.8) is 0 Å². The van der Waals surface area contributed by atoms with Gasteiger partial charge in [0.25, 0.3) is 0 Å². The molecule has 0 aliphatic heterocycles. The van der Waals surface area contributed by atoms with Gasteiger partial charge in [0, 0.05) is 0 Å². The predicted molar refractivity (Wildman–Crippen MR) is 58.0 cm³/mol. The number of halogens is 4. The largest absolute Gasteiger partial charge is 0.184 e. The maximum atomic E-state index is 5.88. The highest BCUT2D eigenvalue weighted by molar-refractivity contribution is 9.13. The number of alkyl halides is 4. The van der Waals surface area contributed by atoms with Crippen LogP contribution >= 0.6 is 55.1 Å². The summed E-state index contributed by atoms with van der Waals surface area (Å²) >= 11 is 18.5. The molecular weight excluding hydrogens is 315 g/mol.